The van der Waals surface area contributed by atoms with Crippen LogP contribution in [0.2, 0.25) is 0 Å². The smallest absolute Gasteiger partial charge is 0.198 e. The Hall–Kier alpha value is -2.86. The zero-order valence-corrected chi connectivity index (χ0v) is 24.6. The maximum atomic E-state index is 5.46. The lowest BCUT2D eigenvalue weighted by Gasteiger charge is -2.61. The number of piperazine rings is 1. The molecule has 6 heteroatoms. The molecule has 3 aromatic rings. The van der Waals surface area contributed by atoms with Gasteiger partial charge in [0.15, 0.2) is 5.96 Å². The zero-order valence-electron chi connectivity index (χ0n) is 24.6. The van der Waals surface area contributed by atoms with Crippen molar-refractivity contribution in [1.82, 2.24) is 20.2 Å². The van der Waals surface area contributed by atoms with Crippen molar-refractivity contribution in [3.8, 4) is 0 Å². The number of fused-ring (bicyclic) bond motifs is 3. The third-order valence-corrected chi connectivity index (χ3v) is 10.2. The van der Waals surface area contributed by atoms with Gasteiger partial charge in [0, 0.05) is 37.8 Å². The van der Waals surface area contributed by atoms with E-state index in [1.165, 1.54) is 29.5 Å². The number of aliphatic imine (C=N–C) groups is 1. The van der Waals surface area contributed by atoms with E-state index in [1.54, 1.807) is 0 Å². The maximum Gasteiger partial charge on any atom is 0.198 e. The molecule has 2 bridgehead atoms. The fourth-order valence-corrected chi connectivity index (χ4v) is 7.53. The fraction of sp³-hybridized carbons (Fsp3) is 0.576. The minimum atomic E-state index is 0.391. The van der Waals surface area contributed by atoms with Crippen molar-refractivity contribution in [1.29, 1.82) is 0 Å². The first-order chi connectivity index (χ1) is 18.7. The number of rotatable bonds is 5. The molecule has 6 nitrogen and oxygen atoms in total. The van der Waals surface area contributed by atoms with Crippen LogP contribution in [0.1, 0.15) is 63.1 Å². The summed E-state index contributed by atoms with van der Waals surface area (Å²) in [5.41, 5.74) is 7.73. The summed E-state index contributed by atoms with van der Waals surface area (Å²) in [5, 5.41) is 7.35. The number of nitrogens with one attached hydrogen (secondary N) is 3. The van der Waals surface area contributed by atoms with E-state index in [-0.39, 0.29) is 0 Å². The van der Waals surface area contributed by atoms with Gasteiger partial charge in [-0.1, -0.05) is 44.5 Å². The minimum absolute atomic E-state index is 0.391. The SMILES string of the molecule is Cc1ccc(CCc2nc3ccc(NC(=NC4CC5CC(C4C)C5(C)C)N4CCNC(C)C4)cc3[nH]2)c(C)c1. The van der Waals surface area contributed by atoms with Gasteiger partial charge in [0.1, 0.15) is 5.82 Å². The fourth-order valence-electron chi connectivity index (χ4n) is 7.53. The zero-order chi connectivity index (χ0) is 27.3. The Labute approximate surface area is 234 Å². The van der Waals surface area contributed by atoms with Crippen LogP contribution >= 0.6 is 0 Å². The highest BCUT2D eigenvalue weighted by Crippen LogP contribution is 2.61. The van der Waals surface area contributed by atoms with Gasteiger partial charge < -0.3 is 20.5 Å². The number of hydrogen-bond donors (Lipinski definition) is 3. The van der Waals surface area contributed by atoms with Crippen molar-refractivity contribution in [2.45, 2.75) is 79.3 Å². The van der Waals surface area contributed by atoms with Crippen LogP contribution in [0.5, 0.6) is 0 Å². The summed E-state index contributed by atoms with van der Waals surface area (Å²) < 4.78 is 0. The number of aromatic amines is 1. The van der Waals surface area contributed by atoms with Crippen LogP contribution in [-0.2, 0) is 12.8 Å². The Bertz CT molecular complexity index is 1370. The molecule has 39 heavy (non-hydrogen) atoms. The molecule has 5 atom stereocenters. The molecule has 208 valence electrons. The summed E-state index contributed by atoms with van der Waals surface area (Å²) in [5.74, 6) is 4.30. The Morgan fingerprint density at radius 2 is 1.95 bits per heavy atom. The second kappa shape index (κ2) is 10.3. The summed E-state index contributed by atoms with van der Waals surface area (Å²) in [6.45, 7) is 16.9. The van der Waals surface area contributed by atoms with E-state index in [0.717, 1.165) is 72.8 Å². The lowest BCUT2D eigenvalue weighted by molar-refractivity contribution is -0.108. The molecule has 0 amide bonds. The number of benzene rings is 2. The number of imidazole rings is 1. The number of hydrogen-bond acceptors (Lipinski definition) is 3. The molecule has 2 aromatic carbocycles. The van der Waals surface area contributed by atoms with Crippen LogP contribution in [0.15, 0.2) is 41.4 Å². The van der Waals surface area contributed by atoms with Gasteiger partial charge in [-0.05, 0) is 92.5 Å². The molecule has 1 aromatic heterocycles. The summed E-state index contributed by atoms with van der Waals surface area (Å²) in [7, 11) is 0. The molecular formula is C33H46N6. The van der Waals surface area contributed by atoms with Crippen LogP contribution in [0.3, 0.4) is 0 Å². The van der Waals surface area contributed by atoms with Gasteiger partial charge in [-0.25, -0.2) is 9.98 Å². The largest absolute Gasteiger partial charge is 0.342 e. The highest BCUT2D eigenvalue weighted by Gasteiger charge is 2.56. The second-order valence-corrected chi connectivity index (χ2v) is 13.2. The standard InChI is InChI=1S/C33H46N6/c1-20-7-8-24(21(2)15-20)9-12-31-36-28-11-10-26(18-30(28)37-31)35-32(39-14-13-34-22(3)19-39)38-29-17-25-16-27(23(29)4)33(25,5)6/h7-8,10-11,15,18,22-23,25,27,29,34H,9,12-14,16-17,19H2,1-6H3,(H,35,38)(H,36,37). The highest BCUT2D eigenvalue weighted by molar-refractivity contribution is 5.95. The van der Waals surface area contributed by atoms with Gasteiger partial charge in [-0.3, -0.25) is 0 Å². The Morgan fingerprint density at radius 3 is 2.69 bits per heavy atom. The van der Waals surface area contributed by atoms with Crippen molar-refractivity contribution >= 4 is 22.7 Å². The van der Waals surface area contributed by atoms with Crippen LogP contribution < -0.4 is 10.6 Å². The van der Waals surface area contributed by atoms with E-state index in [1.807, 2.05) is 0 Å². The number of H-pyrrole nitrogens is 1. The topological polar surface area (TPSA) is 68.3 Å². The van der Waals surface area contributed by atoms with Gasteiger partial charge in [0.05, 0.1) is 17.1 Å². The maximum absolute atomic E-state index is 5.46. The van der Waals surface area contributed by atoms with Gasteiger partial charge in [0.2, 0.25) is 0 Å². The van der Waals surface area contributed by atoms with Gasteiger partial charge in [-0.2, -0.15) is 0 Å². The monoisotopic (exact) mass is 526 g/mol. The number of guanidine groups is 1. The lowest BCUT2D eigenvalue weighted by atomic mass is 9.45. The summed E-state index contributed by atoms with van der Waals surface area (Å²) in [6, 6.07) is 14.1. The molecule has 3 aliphatic carbocycles. The molecule has 1 aliphatic heterocycles. The van der Waals surface area contributed by atoms with Gasteiger partial charge >= 0.3 is 0 Å². The predicted octanol–water partition coefficient (Wildman–Crippen LogP) is 6.10. The second-order valence-electron chi connectivity index (χ2n) is 13.2. The number of aromatic nitrogens is 2. The van der Waals surface area contributed by atoms with E-state index in [9.17, 15) is 0 Å². The summed E-state index contributed by atoms with van der Waals surface area (Å²) in [6.07, 6.45) is 4.50. The molecule has 5 unspecified atom stereocenters. The van der Waals surface area contributed by atoms with Crippen molar-refractivity contribution < 1.29 is 0 Å². The van der Waals surface area contributed by atoms with E-state index >= 15 is 0 Å². The molecule has 4 fully saturated rings. The van der Waals surface area contributed by atoms with E-state index in [4.69, 9.17) is 9.98 Å². The van der Waals surface area contributed by atoms with Crippen LogP contribution in [-0.4, -0.2) is 52.5 Å². The van der Waals surface area contributed by atoms with Crippen molar-refractivity contribution in [2.75, 3.05) is 25.0 Å². The van der Waals surface area contributed by atoms with E-state index in [2.05, 4.69) is 98.5 Å². The first-order valence-electron chi connectivity index (χ1n) is 15.1. The van der Waals surface area contributed by atoms with Crippen molar-refractivity contribution in [2.24, 2.45) is 28.2 Å². The predicted molar refractivity (Wildman–Crippen MR) is 162 cm³/mol. The Morgan fingerprint density at radius 1 is 1.10 bits per heavy atom. The summed E-state index contributed by atoms with van der Waals surface area (Å²) in [4.78, 5) is 16.4. The number of nitrogens with zero attached hydrogens (tertiary/aromatic N) is 3. The van der Waals surface area contributed by atoms with Crippen LogP contribution in [0.25, 0.3) is 11.0 Å². The first-order valence-corrected chi connectivity index (χ1v) is 15.1. The lowest BCUT2D eigenvalue weighted by Crippen LogP contribution is -2.57. The normalized spacial score (nSPS) is 28.4. The van der Waals surface area contributed by atoms with Gasteiger partial charge in [-0.15, -0.1) is 0 Å². The molecule has 0 radical (unpaired) electrons. The van der Waals surface area contributed by atoms with E-state index < -0.39 is 0 Å². The Balaban J connectivity index is 1.21. The Kier molecular flexibility index (Phi) is 6.95. The molecular weight excluding hydrogens is 480 g/mol. The van der Waals surface area contributed by atoms with E-state index in [0.29, 0.717) is 23.4 Å². The van der Waals surface area contributed by atoms with Crippen LogP contribution in [0.4, 0.5) is 5.69 Å². The quantitative estimate of drug-likeness (QED) is 0.278. The minimum Gasteiger partial charge on any atom is -0.342 e. The third kappa shape index (κ3) is 5.20. The molecule has 2 heterocycles. The number of anilines is 1. The molecule has 4 aliphatic rings. The molecule has 0 spiro atoms. The molecule has 3 saturated carbocycles. The van der Waals surface area contributed by atoms with Crippen molar-refractivity contribution in [3.05, 3.63) is 58.9 Å². The number of aryl methyl sites for hydroxylation is 4. The van der Waals surface area contributed by atoms with Gasteiger partial charge in [0.25, 0.3) is 0 Å². The van der Waals surface area contributed by atoms with Crippen molar-refractivity contribution in [3.63, 3.8) is 0 Å². The third-order valence-electron chi connectivity index (χ3n) is 10.2. The average molecular weight is 527 g/mol. The molecule has 3 N–H and O–H groups in total. The molecule has 1 saturated heterocycles. The highest BCUT2D eigenvalue weighted by atomic mass is 15.3. The average Bonchev–Trinajstić information content (AvgIpc) is 3.30. The summed E-state index contributed by atoms with van der Waals surface area (Å²) >= 11 is 0. The van der Waals surface area contributed by atoms with Crippen LogP contribution in [0, 0.1) is 37.0 Å². The first kappa shape index (κ1) is 26.4. The molecule has 7 rings (SSSR count).